The Morgan fingerprint density at radius 1 is 0.400 bits per heavy atom. The molecule has 0 unspecified atom stereocenters. The fourth-order valence-electron chi connectivity index (χ4n) is 5.38. The minimum absolute atomic E-state index is 0.141. The largest absolute Gasteiger partial charge is 0.310 e. The molecular formula is C44H31N. The van der Waals surface area contributed by atoms with Crippen molar-refractivity contribution >= 4 is 38.6 Å². The van der Waals surface area contributed by atoms with E-state index in [9.17, 15) is 9.60 Å². The molecule has 0 spiro atoms. The number of hydrogen-bond donors (Lipinski definition) is 0. The van der Waals surface area contributed by atoms with Crippen LogP contribution in [0.15, 0.2) is 188 Å². The lowest BCUT2D eigenvalue weighted by atomic mass is 9.95. The number of benzene rings is 8. The van der Waals surface area contributed by atoms with Crippen LogP contribution >= 0.6 is 0 Å². The molecule has 212 valence electrons. The Bertz CT molecular complexity index is 3050. The highest BCUT2D eigenvalue weighted by atomic mass is 15.1. The fraction of sp³-hybridized carbons (Fsp3) is 0. The molecule has 8 aromatic carbocycles. The first-order valence-electron chi connectivity index (χ1n) is 21.7. The normalized spacial score (nSPS) is 15.8. The van der Waals surface area contributed by atoms with Gasteiger partial charge in [0.1, 0.15) is 0 Å². The van der Waals surface area contributed by atoms with Crippen molar-refractivity contribution in [1.29, 1.82) is 0 Å². The molecule has 0 aliphatic rings. The van der Waals surface area contributed by atoms with Gasteiger partial charge in [0.25, 0.3) is 0 Å². The zero-order valence-corrected chi connectivity index (χ0v) is 23.7. The summed E-state index contributed by atoms with van der Waals surface area (Å²) in [4.78, 5) is 1.63. The SMILES string of the molecule is [2H]c1c([2H])c([2H])c(-c2c([2H])c([2H])c([2H])c3c([2H])c(-c4c([2H])c([2H])c(N(c5cccc(-c6ccccc6)c5)c5cccc6ccccc56)c([2H])c4[2H])c([2H])c([2H])c23)c([2H])c1[2H]. The molecule has 0 fully saturated rings. The van der Waals surface area contributed by atoms with Gasteiger partial charge < -0.3 is 4.90 Å². The molecule has 45 heavy (non-hydrogen) atoms. The third kappa shape index (κ3) is 5.15. The molecular weight excluding hydrogens is 542 g/mol. The van der Waals surface area contributed by atoms with Gasteiger partial charge in [-0.15, -0.1) is 0 Å². The summed E-state index contributed by atoms with van der Waals surface area (Å²) in [5.74, 6) is 0. The van der Waals surface area contributed by atoms with Gasteiger partial charge >= 0.3 is 0 Å². The molecule has 8 aromatic rings. The lowest BCUT2D eigenvalue weighted by Gasteiger charge is -2.27. The summed E-state index contributed by atoms with van der Waals surface area (Å²) in [6, 6.07) is 19.3. The molecule has 0 saturated heterocycles. The van der Waals surface area contributed by atoms with Crippen LogP contribution in [-0.2, 0) is 0 Å². The molecule has 0 heterocycles. The fourth-order valence-corrected chi connectivity index (χ4v) is 5.38. The summed E-state index contributed by atoms with van der Waals surface area (Å²) in [6.45, 7) is 0. The first-order valence-corrected chi connectivity index (χ1v) is 14.2. The predicted octanol–water partition coefficient (Wildman–Crippen LogP) is 12.5. The van der Waals surface area contributed by atoms with Crippen molar-refractivity contribution in [2.24, 2.45) is 0 Å². The Labute approximate surface area is 285 Å². The highest BCUT2D eigenvalue weighted by Crippen LogP contribution is 2.41. The van der Waals surface area contributed by atoms with Crippen molar-refractivity contribution < 1.29 is 20.6 Å². The van der Waals surface area contributed by atoms with Crippen LogP contribution in [0.2, 0.25) is 0 Å². The summed E-state index contributed by atoms with van der Waals surface area (Å²) < 4.78 is 134. The van der Waals surface area contributed by atoms with Crippen LogP contribution in [-0.4, -0.2) is 0 Å². The molecule has 0 bridgehead atoms. The standard InChI is InChI=1S/C44H31N/c1-3-12-32(13-4-1)36-18-9-20-40(31-36)45(44-23-11-17-35-16-7-8-21-43(35)44)39-27-24-33(25-28-39)37-26-29-42-38(30-37)19-10-22-41(42)34-14-5-2-6-15-34/h1-31H/i2D,5D,6D,10D,14D,15D,19D,22D,24D,25D,26D,27D,28D,29D,30D. The zero-order chi connectivity index (χ0) is 43.1. The highest BCUT2D eigenvalue weighted by molar-refractivity contribution is 6.00. The van der Waals surface area contributed by atoms with Crippen molar-refractivity contribution in [2.75, 3.05) is 4.90 Å². The van der Waals surface area contributed by atoms with Crippen LogP contribution in [0.4, 0.5) is 17.1 Å². The van der Waals surface area contributed by atoms with Crippen molar-refractivity contribution in [3.8, 4) is 33.4 Å². The van der Waals surface area contributed by atoms with E-state index in [4.69, 9.17) is 11.0 Å². The van der Waals surface area contributed by atoms with Gasteiger partial charge in [-0.05, 0) is 85.9 Å². The smallest absolute Gasteiger partial charge is 0.0645 e. The van der Waals surface area contributed by atoms with Crippen LogP contribution in [0.3, 0.4) is 0 Å². The Morgan fingerprint density at radius 3 is 2.00 bits per heavy atom. The summed E-state index contributed by atoms with van der Waals surface area (Å²) >= 11 is 0. The molecule has 0 saturated carbocycles. The van der Waals surface area contributed by atoms with Crippen molar-refractivity contribution in [2.45, 2.75) is 0 Å². The van der Waals surface area contributed by atoms with Crippen LogP contribution in [0.25, 0.3) is 54.9 Å². The average Bonchev–Trinajstić information content (AvgIpc) is 3.26. The number of fused-ring (bicyclic) bond motifs is 2. The van der Waals surface area contributed by atoms with Crippen LogP contribution in [0, 0.1) is 0 Å². The predicted molar refractivity (Wildman–Crippen MR) is 192 cm³/mol. The van der Waals surface area contributed by atoms with E-state index in [-0.39, 0.29) is 5.69 Å². The quantitative estimate of drug-likeness (QED) is 0.187. The van der Waals surface area contributed by atoms with Crippen molar-refractivity contribution in [3.05, 3.63) is 188 Å². The second kappa shape index (κ2) is 11.6. The monoisotopic (exact) mass is 588 g/mol. The third-order valence-electron chi connectivity index (χ3n) is 7.49. The molecule has 0 amide bonds. The highest BCUT2D eigenvalue weighted by Gasteiger charge is 2.16. The Hall–Kier alpha value is -5.92. The number of nitrogens with zero attached hydrogens (tertiary/aromatic N) is 1. The van der Waals surface area contributed by atoms with E-state index in [0.717, 1.165) is 21.9 Å². The van der Waals surface area contributed by atoms with E-state index in [1.165, 1.54) is 0 Å². The molecule has 1 heteroatoms. The zero-order valence-electron chi connectivity index (χ0n) is 38.7. The maximum absolute atomic E-state index is 9.50. The van der Waals surface area contributed by atoms with E-state index in [0.29, 0.717) is 11.4 Å². The molecule has 0 aliphatic carbocycles. The van der Waals surface area contributed by atoms with Crippen molar-refractivity contribution in [3.63, 3.8) is 0 Å². The van der Waals surface area contributed by atoms with Gasteiger partial charge in [-0.1, -0.05) is 151 Å². The van der Waals surface area contributed by atoms with E-state index in [1.54, 1.807) is 17.0 Å². The molecule has 8 rings (SSSR count). The summed E-state index contributed by atoms with van der Waals surface area (Å²) in [7, 11) is 0. The van der Waals surface area contributed by atoms with E-state index in [2.05, 4.69) is 0 Å². The van der Waals surface area contributed by atoms with Crippen molar-refractivity contribution in [1.82, 2.24) is 0 Å². The van der Waals surface area contributed by atoms with Gasteiger partial charge in [0.05, 0.1) is 26.2 Å². The van der Waals surface area contributed by atoms with Crippen LogP contribution in [0.1, 0.15) is 20.6 Å². The second-order valence-corrected chi connectivity index (χ2v) is 10.2. The number of rotatable bonds is 6. The summed E-state index contributed by atoms with van der Waals surface area (Å²) in [6.07, 6.45) is 0. The molecule has 0 radical (unpaired) electrons. The lowest BCUT2D eigenvalue weighted by molar-refractivity contribution is 1.30. The number of hydrogen-bond acceptors (Lipinski definition) is 1. The maximum atomic E-state index is 9.50. The maximum Gasteiger partial charge on any atom is 0.0645 e. The molecule has 0 aromatic heterocycles. The van der Waals surface area contributed by atoms with Crippen LogP contribution in [0.5, 0.6) is 0 Å². The van der Waals surface area contributed by atoms with Gasteiger partial charge in [0.15, 0.2) is 0 Å². The summed E-state index contributed by atoms with van der Waals surface area (Å²) in [5.41, 5.74) is 0.507. The minimum Gasteiger partial charge on any atom is -0.310 e. The minimum atomic E-state index is -0.792. The van der Waals surface area contributed by atoms with Gasteiger partial charge in [0.2, 0.25) is 0 Å². The first kappa shape index (κ1) is 15.2. The number of anilines is 3. The van der Waals surface area contributed by atoms with E-state index < -0.39 is 124 Å². The third-order valence-corrected chi connectivity index (χ3v) is 7.49. The summed E-state index contributed by atoms with van der Waals surface area (Å²) in [5, 5.41) is 0.635. The van der Waals surface area contributed by atoms with Gasteiger partial charge in [0, 0.05) is 16.8 Å². The van der Waals surface area contributed by atoms with Crippen LogP contribution < -0.4 is 4.90 Å². The Balaban J connectivity index is 1.43. The van der Waals surface area contributed by atoms with E-state index >= 15 is 0 Å². The Kier molecular flexibility index (Phi) is 3.93. The average molecular weight is 589 g/mol. The van der Waals surface area contributed by atoms with Gasteiger partial charge in [-0.25, -0.2) is 0 Å². The molecule has 1 nitrogen and oxygen atoms in total. The molecule has 0 atom stereocenters. The van der Waals surface area contributed by atoms with E-state index in [1.807, 2.05) is 84.9 Å². The first-order chi connectivity index (χ1) is 28.6. The lowest BCUT2D eigenvalue weighted by Crippen LogP contribution is -2.10. The second-order valence-electron chi connectivity index (χ2n) is 10.2. The Morgan fingerprint density at radius 2 is 1.13 bits per heavy atom. The molecule has 0 aliphatic heterocycles. The topological polar surface area (TPSA) is 3.24 Å². The van der Waals surface area contributed by atoms with Gasteiger partial charge in [-0.2, -0.15) is 0 Å². The van der Waals surface area contributed by atoms with Gasteiger partial charge in [-0.3, -0.25) is 0 Å². The molecule has 0 N–H and O–H groups in total.